The zero-order chi connectivity index (χ0) is 16.8. The number of aliphatic hydroxyl groups excluding tert-OH is 1. The summed E-state index contributed by atoms with van der Waals surface area (Å²) >= 11 is 1.67. The van der Waals surface area contributed by atoms with Crippen molar-refractivity contribution in [1.29, 1.82) is 0 Å². The highest BCUT2D eigenvalue weighted by atomic mass is 32.1. The van der Waals surface area contributed by atoms with Crippen molar-refractivity contribution in [3.8, 4) is 16.2 Å². The van der Waals surface area contributed by atoms with Crippen molar-refractivity contribution in [2.75, 3.05) is 13.7 Å². The molecule has 0 fully saturated rings. The average molecular weight is 340 g/mol. The fraction of sp³-hybridized carbons (Fsp3) is 0.211. The molecule has 0 spiro atoms. The molecule has 1 aromatic heterocycles. The molecule has 124 valence electrons. The lowest BCUT2D eigenvalue weighted by Gasteiger charge is -2.12. The average Bonchev–Trinajstić information content (AvgIpc) is 3.11. The smallest absolute Gasteiger partial charge is 0.118 e. The first-order valence-corrected chi connectivity index (χ1v) is 8.61. The van der Waals surface area contributed by atoms with E-state index in [9.17, 15) is 5.11 Å². The van der Waals surface area contributed by atoms with Crippen molar-refractivity contribution in [3.63, 3.8) is 0 Å². The first-order valence-electron chi connectivity index (χ1n) is 7.79. The monoisotopic (exact) mass is 340 g/mol. The van der Waals surface area contributed by atoms with Crippen LogP contribution in [-0.4, -0.2) is 23.7 Å². The summed E-state index contributed by atoms with van der Waals surface area (Å²) < 4.78 is 5.12. The molecule has 0 radical (unpaired) electrons. The fourth-order valence-electron chi connectivity index (χ4n) is 2.39. The van der Waals surface area contributed by atoms with Gasteiger partial charge in [-0.3, -0.25) is 0 Å². The van der Waals surface area contributed by atoms with E-state index in [0.29, 0.717) is 13.1 Å². The Kier molecular flexibility index (Phi) is 5.59. The van der Waals surface area contributed by atoms with Crippen LogP contribution in [0.3, 0.4) is 0 Å². The number of ether oxygens (including phenoxy) is 1. The van der Waals surface area contributed by atoms with E-state index in [4.69, 9.17) is 4.74 Å². The Labute approximate surface area is 145 Å². The van der Waals surface area contributed by atoms with Crippen LogP contribution in [0.25, 0.3) is 10.4 Å². The maximum Gasteiger partial charge on any atom is 0.118 e. The van der Waals surface area contributed by atoms with Gasteiger partial charge in [-0.1, -0.05) is 42.5 Å². The maximum absolute atomic E-state index is 10.2. The van der Waals surface area contributed by atoms with Gasteiger partial charge in [-0.05, 0) is 23.3 Å². The van der Waals surface area contributed by atoms with E-state index in [-0.39, 0.29) is 0 Å². The molecule has 1 heterocycles. The molecule has 2 N–H and O–H groups in total. The van der Waals surface area contributed by atoms with E-state index in [1.165, 1.54) is 5.56 Å². The summed E-state index contributed by atoms with van der Waals surface area (Å²) in [6.45, 7) is 1.12. The van der Waals surface area contributed by atoms with Crippen molar-refractivity contribution < 1.29 is 9.84 Å². The molecule has 24 heavy (non-hydrogen) atoms. The number of methoxy groups -OCH3 is 1. The number of nitrogens with one attached hydrogen (secondary N) is 1. The van der Waals surface area contributed by atoms with Crippen LogP contribution in [0.4, 0.5) is 0 Å². The SMILES string of the molecule is COc1ccc(C(O)CNCc2ncc(-c3ccccc3)s2)cc1. The minimum atomic E-state index is -0.551. The third-order valence-corrected chi connectivity index (χ3v) is 4.77. The van der Waals surface area contributed by atoms with Gasteiger partial charge in [0.25, 0.3) is 0 Å². The summed E-state index contributed by atoms with van der Waals surface area (Å²) in [5.41, 5.74) is 2.05. The molecule has 0 amide bonds. The summed E-state index contributed by atoms with van der Waals surface area (Å²) in [4.78, 5) is 5.60. The Bertz CT molecular complexity index is 757. The second-order valence-corrected chi connectivity index (χ2v) is 6.52. The zero-order valence-corrected chi connectivity index (χ0v) is 14.3. The van der Waals surface area contributed by atoms with E-state index >= 15 is 0 Å². The predicted molar refractivity (Wildman–Crippen MR) is 97.2 cm³/mol. The number of benzene rings is 2. The second-order valence-electron chi connectivity index (χ2n) is 5.40. The lowest BCUT2D eigenvalue weighted by Crippen LogP contribution is -2.20. The minimum absolute atomic E-state index is 0.479. The second kappa shape index (κ2) is 8.06. The summed E-state index contributed by atoms with van der Waals surface area (Å²) in [6.07, 6.45) is 1.35. The highest BCUT2D eigenvalue weighted by molar-refractivity contribution is 7.15. The lowest BCUT2D eigenvalue weighted by molar-refractivity contribution is 0.174. The van der Waals surface area contributed by atoms with Crippen LogP contribution in [0.1, 0.15) is 16.7 Å². The van der Waals surface area contributed by atoms with Gasteiger partial charge in [-0.2, -0.15) is 0 Å². The molecule has 3 aromatic rings. The van der Waals surface area contributed by atoms with Gasteiger partial charge in [0.15, 0.2) is 0 Å². The third kappa shape index (κ3) is 4.20. The number of hydrogen-bond donors (Lipinski definition) is 2. The molecule has 4 nitrogen and oxygen atoms in total. The normalized spacial score (nSPS) is 12.1. The van der Waals surface area contributed by atoms with Crippen LogP contribution in [0.15, 0.2) is 60.8 Å². The molecule has 2 aromatic carbocycles. The van der Waals surface area contributed by atoms with Crippen LogP contribution < -0.4 is 10.1 Å². The Morgan fingerprint density at radius 2 is 1.88 bits per heavy atom. The van der Waals surface area contributed by atoms with Gasteiger partial charge in [-0.15, -0.1) is 11.3 Å². The Morgan fingerprint density at radius 1 is 1.12 bits per heavy atom. The highest BCUT2D eigenvalue weighted by Gasteiger charge is 2.08. The number of aliphatic hydroxyl groups is 1. The molecule has 0 saturated carbocycles. The maximum atomic E-state index is 10.2. The number of nitrogens with zero attached hydrogens (tertiary/aromatic N) is 1. The Hall–Kier alpha value is -2.21. The van der Waals surface area contributed by atoms with Crippen molar-refractivity contribution in [2.24, 2.45) is 0 Å². The first-order chi connectivity index (χ1) is 11.8. The van der Waals surface area contributed by atoms with Gasteiger partial charge in [0, 0.05) is 19.3 Å². The summed E-state index contributed by atoms with van der Waals surface area (Å²) in [5, 5.41) is 14.5. The predicted octanol–water partition coefficient (Wildman–Crippen LogP) is 3.64. The molecule has 0 bridgehead atoms. The minimum Gasteiger partial charge on any atom is -0.497 e. The molecule has 1 unspecified atom stereocenters. The van der Waals surface area contributed by atoms with Gasteiger partial charge in [0.2, 0.25) is 0 Å². The van der Waals surface area contributed by atoms with E-state index in [1.807, 2.05) is 48.7 Å². The summed E-state index contributed by atoms with van der Waals surface area (Å²) in [7, 11) is 1.63. The van der Waals surface area contributed by atoms with Gasteiger partial charge in [0.05, 0.1) is 18.1 Å². The quantitative estimate of drug-likeness (QED) is 0.689. The number of thiazole rings is 1. The van der Waals surface area contributed by atoms with Crippen LogP contribution in [-0.2, 0) is 6.54 Å². The van der Waals surface area contributed by atoms with Gasteiger partial charge in [0.1, 0.15) is 10.8 Å². The van der Waals surface area contributed by atoms with Crippen LogP contribution in [0, 0.1) is 0 Å². The third-order valence-electron chi connectivity index (χ3n) is 3.73. The van der Waals surface area contributed by atoms with Crippen LogP contribution >= 0.6 is 11.3 Å². The molecule has 0 aliphatic heterocycles. The Morgan fingerprint density at radius 3 is 2.58 bits per heavy atom. The van der Waals surface area contributed by atoms with Crippen LogP contribution in [0.2, 0.25) is 0 Å². The number of rotatable bonds is 7. The van der Waals surface area contributed by atoms with Gasteiger partial charge < -0.3 is 15.2 Å². The number of hydrogen-bond acceptors (Lipinski definition) is 5. The van der Waals surface area contributed by atoms with Crippen molar-refractivity contribution in [3.05, 3.63) is 71.4 Å². The largest absolute Gasteiger partial charge is 0.497 e. The van der Waals surface area contributed by atoms with Gasteiger partial charge >= 0.3 is 0 Å². The van der Waals surface area contributed by atoms with E-state index in [2.05, 4.69) is 22.4 Å². The molecule has 3 rings (SSSR count). The lowest BCUT2D eigenvalue weighted by atomic mass is 10.1. The zero-order valence-electron chi connectivity index (χ0n) is 13.5. The summed E-state index contributed by atoms with van der Waals surface area (Å²) in [6, 6.07) is 17.7. The van der Waals surface area contributed by atoms with Crippen molar-refractivity contribution in [1.82, 2.24) is 10.3 Å². The standard InChI is InChI=1S/C19H20N2O2S/c1-23-16-9-7-14(8-10-16)17(22)11-20-13-19-21-12-18(24-19)15-5-3-2-4-6-15/h2-10,12,17,20,22H,11,13H2,1H3. The van der Waals surface area contributed by atoms with Crippen molar-refractivity contribution >= 4 is 11.3 Å². The molecule has 0 aliphatic carbocycles. The molecule has 0 aliphatic rings. The fourth-order valence-corrected chi connectivity index (χ4v) is 3.28. The Balaban J connectivity index is 1.52. The topological polar surface area (TPSA) is 54.4 Å². The first kappa shape index (κ1) is 16.6. The van der Waals surface area contributed by atoms with E-state index in [0.717, 1.165) is 21.2 Å². The summed E-state index contributed by atoms with van der Waals surface area (Å²) in [5.74, 6) is 0.787. The van der Waals surface area contributed by atoms with E-state index in [1.54, 1.807) is 18.4 Å². The molecular formula is C19H20N2O2S. The molecule has 5 heteroatoms. The number of aromatic nitrogens is 1. The van der Waals surface area contributed by atoms with Crippen molar-refractivity contribution in [2.45, 2.75) is 12.6 Å². The van der Waals surface area contributed by atoms with Crippen LogP contribution in [0.5, 0.6) is 5.75 Å². The molecule has 1 atom stereocenters. The van der Waals surface area contributed by atoms with E-state index < -0.39 is 6.10 Å². The van der Waals surface area contributed by atoms with Gasteiger partial charge in [-0.25, -0.2) is 4.98 Å². The molecule has 0 saturated heterocycles. The highest BCUT2D eigenvalue weighted by Crippen LogP contribution is 2.25. The molecular weight excluding hydrogens is 320 g/mol.